The molecule has 0 heterocycles. The van der Waals surface area contributed by atoms with Crippen LogP contribution < -0.4 is 10.6 Å². The molecule has 5 heteroatoms. The van der Waals surface area contributed by atoms with E-state index in [0.29, 0.717) is 23.1 Å². The van der Waals surface area contributed by atoms with Crippen molar-refractivity contribution in [1.82, 2.24) is 10.2 Å². The van der Waals surface area contributed by atoms with Gasteiger partial charge in [0.05, 0.1) is 6.54 Å². The molecule has 0 aliphatic heterocycles. The van der Waals surface area contributed by atoms with E-state index in [1.807, 2.05) is 0 Å². The molecule has 0 aromatic heterocycles. The Kier molecular flexibility index (Phi) is 8.60. The SMILES string of the molecule is CC(C)Cc1ccc(C(NCC(=O)Nc2ccc(C(=O)N(C)C)cc2)C(C)C)cc1. The Hall–Kier alpha value is -2.66. The summed E-state index contributed by atoms with van der Waals surface area (Å²) in [6, 6.07) is 15.7. The van der Waals surface area contributed by atoms with E-state index in [1.165, 1.54) is 16.0 Å². The predicted octanol–water partition coefficient (Wildman–Crippen LogP) is 4.51. The molecule has 2 rings (SSSR count). The molecule has 0 saturated heterocycles. The summed E-state index contributed by atoms with van der Waals surface area (Å²) < 4.78 is 0. The lowest BCUT2D eigenvalue weighted by Gasteiger charge is -2.23. The van der Waals surface area contributed by atoms with Crippen LogP contribution in [0, 0.1) is 11.8 Å². The van der Waals surface area contributed by atoms with Gasteiger partial charge in [0, 0.05) is 31.4 Å². The van der Waals surface area contributed by atoms with E-state index in [2.05, 4.69) is 62.6 Å². The number of carbonyl (C=O) groups excluding carboxylic acids is 2. The number of hydrogen-bond acceptors (Lipinski definition) is 3. The van der Waals surface area contributed by atoms with Gasteiger partial charge >= 0.3 is 0 Å². The van der Waals surface area contributed by atoms with Crippen molar-refractivity contribution in [1.29, 1.82) is 0 Å². The summed E-state index contributed by atoms with van der Waals surface area (Å²) in [5, 5.41) is 6.27. The molecule has 1 unspecified atom stereocenters. The first-order valence-electron chi connectivity index (χ1n) is 10.6. The van der Waals surface area contributed by atoms with Crippen LogP contribution in [0.5, 0.6) is 0 Å². The zero-order valence-corrected chi connectivity index (χ0v) is 19.0. The molecule has 0 bridgehead atoms. The van der Waals surface area contributed by atoms with Crippen LogP contribution >= 0.6 is 0 Å². The van der Waals surface area contributed by atoms with E-state index in [1.54, 1.807) is 38.4 Å². The summed E-state index contributed by atoms with van der Waals surface area (Å²) in [6.07, 6.45) is 1.07. The van der Waals surface area contributed by atoms with E-state index in [4.69, 9.17) is 0 Å². The predicted molar refractivity (Wildman–Crippen MR) is 124 cm³/mol. The van der Waals surface area contributed by atoms with Gasteiger partial charge in [-0.25, -0.2) is 0 Å². The molecule has 162 valence electrons. The van der Waals surface area contributed by atoms with Crippen LogP contribution in [0.15, 0.2) is 48.5 Å². The van der Waals surface area contributed by atoms with Crippen molar-refractivity contribution >= 4 is 17.5 Å². The minimum Gasteiger partial charge on any atom is -0.345 e. The first kappa shape index (κ1) is 23.6. The first-order chi connectivity index (χ1) is 14.2. The highest BCUT2D eigenvalue weighted by atomic mass is 16.2. The van der Waals surface area contributed by atoms with Crippen molar-refractivity contribution in [3.05, 3.63) is 65.2 Å². The average molecular weight is 410 g/mol. The Morgan fingerprint density at radius 1 is 0.900 bits per heavy atom. The molecular formula is C25H35N3O2. The smallest absolute Gasteiger partial charge is 0.253 e. The molecule has 2 N–H and O–H groups in total. The van der Waals surface area contributed by atoms with Gasteiger partial charge in [0.25, 0.3) is 5.91 Å². The van der Waals surface area contributed by atoms with Crippen molar-refractivity contribution in [3.8, 4) is 0 Å². The number of nitrogens with one attached hydrogen (secondary N) is 2. The van der Waals surface area contributed by atoms with Crippen molar-refractivity contribution in [3.63, 3.8) is 0 Å². The lowest BCUT2D eigenvalue weighted by atomic mass is 9.93. The molecule has 30 heavy (non-hydrogen) atoms. The standard InChI is InChI=1S/C25H35N3O2/c1-17(2)15-19-7-9-20(10-8-19)24(18(3)4)26-16-23(29)27-22-13-11-21(12-14-22)25(30)28(5)6/h7-14,17-18,24,26H,15-16H2,1-6H3,(H,27,29). The van der Waals surface area contributed by atoms with Crippen LogP contribution in [-0.2, 0) is 11.2 Å². The van der Waals surface area contributed by atoms with Crippen LogP contribution in [0.3, 0.4) is 0 Å². The molecule has 5 nitrogen and oxygen atoms in total. The van der Waals surface area contributed by atoms with Gasteiger partial charge in [-0.2, -0.15) is 0 Å². The maximum atomic E-state index is 12.4. The molecular weight excluding hydrogens is 374 g/mol. The van der Waals surface area contributed by atoms with Crippen LogP contribution in [0.4, 0.5) is 5.69 Å². The van der Waals surface area contributed by atoms with Crippen LogP contribution in [0.2, 0.25) is 0 Å². The second kappa shape index (κ2) is 10.9. The normalized spacial score (nSPS) is 12.1. The highest BCUT2D eigenvalue weighted by Gasteiger charge is 2.17. The molecule has 0 spiro atoms. The maximum Gasteiger partial charge on any atom is 0.253 e. The quantitative estimate of drug-likeness (QED) is 0.640. The van der Waals surface area contributed by atoms with Crippen molar-refractivity contribution in [2.24, 2.45) is 11.8 Å². The highest BCUT2D eigenvalue weighted by Crippen LogP contribution is 2.22. The molecule has 2 aromatic carbocycles. The minimum absolute atomic E-state index is 0.0614. The molecule has 0 radical (unpaired) electrons. The summed E-state index contributed by atoms with van der Waals surface area (Å²) in [7, 11) is 3.43. The van der Waals surface area contributed by atoms with Gasteiger partial charge in [-0.05, 0) is 53.6 Å². The topological polar surface area (TPSA) is 61.4 Å². The van der Waals surface area contributed by atoms with Gasteiger partial charge in [0.15, 0.2) is 0 Å². The van der Waals surface area contributed by atoms with Crippen LogP contribution in [0.1, 0.15) is 55.2 Å². The van der Waals surface area contributed by atoms with E-state index in [-0.39, 0.29) is 24.4 Å². The Morgan fingerprint density at radius 3 is 2.00 bits per heavy atom. The van der Waals surface area contributed by atoms with Crippen molar-refractivity contribution < 1.29 is 9.59 Å². The molecule has 0 aliphatic carbocycles. The Bertz CT molecular complexity index is 824. The van der Waals surface area contributed by atoms with Crippen LogP contribution in [0.25, 0.3) is 0 Å². The number of amides is 2. The van der Waals surface area contributed by atoms with Gasteiger partial charge in [-0.3, -0.25) is 9.59 Å². The molecule has 2 amide bonds. The Morgan fingerprint density at radius 2 is 1.50 bits per heavy atom. The van der Waals surface area contributed by atoms with E-state index >= 15 is 0 Å². The number of anilines is 1. The number of benzene rings is 2. The fourth-order valence-electron chi connectivity index (χ4n) is 3.43. The minimum atomic E-state index is -0.108. The second-order valence-electron chi connectivity index (χ2n) is 8.77. The number of rotatable bonds is 9. The fraction of sp³-hybridized carbons (Fsp3) is 0.440. The zero-order chi connectivity index (χ0) is 22.3. The van der Waals surface area contributed by atoms with E-state index in [9.17, 15) is 9.59 Å². The third-order valence-electron chi connectivity index (χ3n) is 4.95. The number of hydrogen-bond donors (Lipinski definition) is 2. The second-order valence-corrected chi connectivity index (χ2v) is 8.77. The summed E-state index contributed by atoms with van der Waals surface area (Å²) in [5.41, 5.74) is 3.80. The lowest BCUT2D eigenvalue weighted by molar-refractivity contribution is -0.115. The molecule has 0 aliphatic rings. The Labute approximate surface area is 180 Å². The average Bonchev–Trinajstić information content (AvgIpc) is 2.68. The zero-order valence-electron chi connectivity index (χ0n) is 19.0. The van der Waals surface area contributed by atoms with Gasteiger partial charge in [-0.1, -0.05) is 52.0 Å². The summed E-state index contributed by atoms with van der Waals surface area (Å²) >= 11 is 0. The largest absolute Gasteiger partial charge is 0.345 e. The first-order valence-corrected chi connectivity index (χ1v) is 10.6. The monoisotopic (exact) mass is 409 g/mol. The third-order valence-corrected chi connectivity index (χ3v) is 4.95. The van der Waals surface area contributed by atoms with Crippen molar-refractivity contribution in [2.45, 2.75) is 40.2 Å². The van der Waals surface area contributed by atoms with Crippen molar-refractivity contribution in [2.75, 3.05) is 26.0 Å². The molecule has 0 fully saturated rings. The summed E-state index contributed by atoms with van der Waals surface area (Å²) in [6.45, 7) is 8.96. The lowest BCUT2D eigenvalue weighted by Crippen LogP contribution is -2.33. The van der Waals surface area contributed by atoms with Gasteiger partial charge in [-0.15, -0.1) is 0 Å². The highest BCUT2D eigenvalue weighted by molar-refractivity contribution is 5.96. The van der Waals surface area contributed by atoms with Gasteiger partial charge < -0.3 is 15.5 Å². The van der Waals surface area contributed by atoms with E-state index in [0.717, 1.165) is 6.42 Å². The number of nitrogens with zero attached hydrogens (tertiary/aromatic N) is 1. The van der Waals surface area contributed by atoms with Crippen LogP contribution in [-0.4, -0.2) is 37.4 Å². The number of carbonyl (C=O) groups is 2. The van der Waals surface area contributed by atoms with E-state index < -0.39 is 0 Å². The Balaban J connectivity index is 1.94. The maximum absolute atomic E-state index is 12.4. The third kappa shape index (κ3) is 6.99. The molecule has 1 atom stereocenters. The molecule has 2 aromatic rings. The van der Waals surface area contributed by atoms with Gasteiger partial charge in [0.2, 0.25) is 5.91 Å². The van der Waals surface area contributed by atoms with Gasteiger partial charge in [0.1, 0.15) is 0 Å². The molecule has 0 saturated carbocycles. The summed E-state index contributed by atoms with van der Waals surface area (Å²) in [5.74, 6) is 0.816. The fourth-order valence-corrected chi connectivity index (χ4v) is 3.43. The summed E-state index contributed by atoms with van der Waals surface area (Å²) in [4.78, 5) is 25.9.